The largest absolute Gasteiger partial charge is 0.320 e. The number of piperidine rings is 1. The van der Waals surface area contributed by atoms with Gasteiger partial charge in [0, 0.05) is 37.6 Å². The number of rotatable bonds is 6. The van der Waals surface area contributed by atoms with E-state index in [4.69, 9.17) is 0 Å². The average molecular weight is 631 g/mol. The predicted molar refractivity (Wildman–Crippen MR) is 156 cm³/mol. The molecular formula is C28H32BrN5O5S. The average Bonchev–Trinajstić information content (AvgIpc) is 3.46. The van der Waals surface area contributed by atoms with Gasteiger partial charge >= 0.3 is 0 Å². The molecule has 1 saturated heterocycles. The summed E-state index contributed by atoms with van der Waals surface area (Å²) < 4.78 is 33.1. The third-order valence-electron chi connectivity index (χ3n) is 7.77. The quantitative estimate of drug-likeness (QED) is 0.448. The highest BCUT2D eigenvalue weighted by atomic mass is 79.9. The molecule has 2 amide bonds. The van der Waals surface area contributed by atoms with E-state index in [-0.39, 0.29) is 41.6 Å². The molecule has 3 aromatic rings. The van der Waals surface area contributed by atoms with Gasteiger partial charge < -0.3 is 10.2 Å². The summed E-state index contributed by atoms with van der Waals surface area (Å²) in [6, 6.07) is 12.5. The zero-order valence-electron chi connectivity index (χ0n) is 22.7. The Morgan fingerprint density at radius 1 is 1.12 bits per heavy atom. The third-order valence-corrected chi connectivity index (χ3v) is 10.1. The van der Waals surface area contributed by atoms with Gasteiger partial charge in [0.15, 0.2) is 0 Å². The maximum Gasteiger partial charge on any atom is 0.295 e. The number of hydrogen-bond acceptors (Lipinski definition) is 5. The minimum absolute atomic E-state index is 0.0179. The fraction of sp³-hybridized carbons (Fsp3) is 0.393. The summed E-state index contributed by atoms with van der Waals surface area (Å²) in [5.41, 5.74) is 2.32. The second-order valence-corrected chi connectivity index (χ2v) is 13.0. The van der Waals surface area contributed by atoms with Crippen LogP contribution in [-0.4, -0.2) is 53.5 Å². The monoisotopic (exact) mass is 629 g/mol. The Bertz CT molecular complexity index is 1650. The lowest BCUT2D eigenvalue weighted by Crippen LogP contribution is -2.44. The maximum absolute atomic E-state index is 14.0. The zero-order valence-corrected chi connectivity index (χ0v) is 25.1. The summed E-state index contributed by atoms with van der Waals surface area (Å²) in [6.45, 7) is 4.19. The molecule has 12 heteroatoms. The number of hydrogen-bond donors (Lipinski definition) is 1. The third kappa shape index (κ3) is 4.92. The fourth-order valence-corrected chi connectivity index (χ4v) is 8.00. The first-order chi connectivity index (χ1) is 19.0. The first-order valence-electron chi connectivity index (χ1n) is 13.3. The van der Waals surface area contributed by atoms with Crippen molar-refractivity contribution >= 4 is 49.1 Å². The number of nitrogens with zero attached hydrogens (tertiary/aromatic N) is 4. The molecule has 2 aliphatic rings. The Labute approximate surface area is 241 Å². The number of anilines is 2. The molecule has 0 radical (unpaired) electrons. The molecule has 212 valence electrons. The van der Waals surface area contributed by atoms with Crippen molar-refractivity contribution in [1.29, 1.82) is 0 Å². The highest BCUT2D eigenvalue weighted by molar-refractivity contribution is 9.10. The Balaban J connectivity index is 1.41. The van der Waals surface area contributed by atoms with Crippen LogP contribution in [0.2, 0.25) is 0 Å². The second-order valence-electron chi connectivity index (χ2n) is 10.2. The van der Waals surface area contributed by atoms with Gasteiger partial charge in [-0.25, -0.2) is 13.1 Å². The molecule has 1 fully saturated rings. The Kier molecular flexibility index (Phi) is 7.77. The smallest absolute Gasteiger partial charge is 0.295 e. The van der Waals surface area contributed by atoms with Gasteiger partial charge in [-0.1, -0.05) is 41.1 Å². The van der Waals surface area contributed by atoms with Crippen molar-refractivity contribution < 1.29 is 18.0 Å². The number of carbonyl (C=O) groups is 2. The van der Waals surface area contributed by atoms with Gasteiger partial charge in [-0.2, -0.15) is 4.31 Å². The Hall–Kier alpha value is -3.22. The molecule has 0 spiro atoms. The van der Waals surface area contributed by atoms with Crippen LogP contribution in [0.1, 0.15) is 37.4 Å². The molecule has 10 nitrogen and oxygen atoms in total. The molecule has 0 aliphatic carbocycles. The van der Waals surface area contributed by atoms with Gasteiger partial charge in [0.1, 0.15) is 10.6 Å². The fourth-order valence-electron chi connectivity index (χ4n) is 5.56. The molecule has 1 atom stereocenters. The number of fused-ring (bicyclic) bond motifs is 1. The highest BCUT2D eigenvalue weighted by Gasteiger charge is 2.38. The molecule has 2 aliphatic heterocycles. The van der Waals surface area contributed by atoms with E-state index >= 15 is 0 Å². The van der Waals surface area contributed by atoms with Crippen molar-refractivity contribution in [2.24, 2.45) is 13.0 Å². The molecule has 1 N–H and O–H groups in total. The van der Waals surface area contributed by atoms with E-state index in [0.717, 1.165) is 5.56 Å². The molecular weight excluding hydrogens is 598 g/mol. The van der Waals surface area contributed by atoms with Crippen LogP contribution in [0.15, 0.2) is 56.6 Å². The normalized spacial score (nSPS) is 17.6. The van der Waals surface area contributed by atoms with E-state index in [1.807, 2.05) is 36.4 Å². The van der Waals surface area contributed by atoms with E-state index < -0.39 is 21.8 Å². The molecule has 5 rings (SSSR count). The van der Waals surface area contributed by atoms with Crippen molar-refractivity contribution in [3.8, 4) is 5.69 Å². The van der Waals surface area contributed by atoms with Gasteiger partial charge in [-0.15, -0.1) is 0 Å². The lowest BCUT2D eigenvalue weighted by molar-refractivity contribution is -0.121. The molecule has 0 bridgehead atoms. The van der Waals surface area contributed by atoms with Crippen molar-refractivity contribution in [2.75, 3.05) is 29.9 Å². The molecule has 0 unspecified atom stereocenters. The number of amides is 2. The molecule has 0 saturated carbocycles. The predicted octanol–water partition coefficient (Wildman–Crippen LogP) is 3.59. The van der Waals surface area contributed by atoms with Crippen molar-refractivity contribution in [3.63, 3.8) is 0 Å². The van der Waals surface area contributed by atoms with E-state index in [0.29, 0.717) is 47.3 Å². The van der Waals surface area contributed by atoms with Crippen LogP contribution in [0.3, 0.4) is 0 Å². The summed E-state index contributed by atoms with van der Waals surface area (Å²) in [4.78, 5) is 40.9. The summed E-state index contributed by atoms with van der Waals surface area (Å²) in [7, 11) is -2.27. The van der Waals surface area contributed by atoms with Crippen LogP contribution < -0.4 is 15.8 Å². The van der Waals surface area contributed by atoms with Crippen molar-refractivity contribution in [2.45, 2.75) is 44.4 Å². The standard InChI is InChI=1S/C28H32BrN5O5S/c1-4-24(35)33-14-12-19-15-21(29)16-23(26(19)33)40(38,39)32-13-8-9-20(17-32)27(36)30-25-18(2)31(3)34(28(25)37)22-10-6-5-7-11-22/h5-7,10-11,15-16,20H,4,8-9,12-14,17H2,1-3H3,(H,30,36)/t20-/m0/s1. The number of sulfonamides is 1. The van der Waals surface area contributed by atoms with Crippen LogP contribution in [0.5, 0.6) is 0 Å². The molecule has 2 aromatic carbocycles. The van der Waals surface area contributed by atoms with Crippen molar-refractivity contribution in [3.05, 3.63) is 68.5 Å². The maximum atomic E-state index is 14.0. The number of benzene rings is 2. The second kappa shape index (κ2) is 11.0. The minimum atomic E-state index is -4.02. The van der Waals surface area contributed by atoms with Crippen LogP contribution in [-0.2, 0) is 33.1 Å². The van der Waals surface area contributed by atoms with Crippen LogP contribution >= 0.6 is 15.9 Å². The summed E-state index contributed by atoms with van der Waals surface area (Å²) in [5, 5.41) is 2.80. The number of halogens is 1. The van der Waals surface area contributed by atoms with Gasteiger partial charge in [-0.05, 0) is 56.0 Å². The number of carbonyl (C=O) groups excluding carboxylic acids is 2. The SMILES string of the molecule is CCC(=O)N1CCc2cc(Br)cc(S(=O)(=O)N3CCC[C@H](C(=O)Nc4c(C)n(C)n(-c5ccccc5)c4=O)C3)c21. The molecule has 3 heterocycles. The lowest BCUT2D eigenvalue weighted by atomic mass is 9.99. The minimum Gasteiger partial charge on any atom is -0.320 e. The highest BCUT2D eigenvalue weighted by Crippen LogP contribution is 2.40. The van der Waals surface area contributed by atoms with Crippen LogP contribution in [0, 0.1) is 12.8 Å². The van der Waals surface area contributed by atoms with Gasteiger partial charge in [0.2, 0.25) is 21.8 Å². The van der Waals surface area contributed by atoms with Gasteiger partial charge in [0.25, 0.3) is 5.56 Å². The van der Waals surface area contributed by atoms with Gasteiger partial charge in [0.05, 0.1) is 23.0 Å². The summed E-state index contributed by atoms with van der Waals surface area (Å²) in [5.74, 6) is -1.16. The number of para-hydroxylation sites is 1. The zero-order chi connectivity index (χ0) is 28.8. The summed E-state index contributed by atoms with van der Waals surface area (Å²) >= 11 is 3.43. The van der Waals surface area contributed by atoms with Crippen LogP contribution in [0.4, 0.5) is 11.4 Å². The Morgan fingerprint density at radius 2 is 1.85 bits per heavy atom. The van der Waals surface area contributed by atoms with Crippen molar-refractivity contribution in [1.82, 2.24) is 13.7 Å². The van der Waals surface area contributed by atoms with Crippen LogP contribution in [0.25, 0.3) is 5.69 Å². The number of aromatic nitrogens is 2. The van der Waals surface area contributed by atoms with E-state index in [2.05, 4.69) is 21.2 Å². The topological polar surface area (TPSA) is 114 Å². The van der Waals surface area contributed by atoms with Gasteiger partial charge in [-0.3, -0.25) is 19.1 Å². The first kappa shape index (κ1) is 28.3. The van der Waals surface area contributed by atoms with E-state index in [1.54, 1.807) is 36.5 Å². The molecule has 40 heavy (non-hydrogen) atoms. The van der Waals surface area contributed by atoms with E-state index in [1.165, 1.54) is 8.99 Å². The van der Waals surface area contributed by atoms with E-state index in [9.17, 15) is 22.8 Å². The Morgan fingerprint density at radius 3 is 2.55 bits per heavy atom. The summed E-state index contributed by atoms with van der Waals surface area (Å²) in [6.07, 6.45) is 1.83. The lowest BCUT2D eigenvalue weighted by Gasteiger charge is -2.32. The first-order valence-corrected chi connectivity index (χ1v) is 15.6. The molecule has 1 aromatic heterocycles. The number of nitrogens with one attached hydrogen (secondary N) is 1.